The number of carbonyl (C=O) groups is 1. The van der Waals surface area contributed by atoms with Crippen LogP contribution in [0.5, 0.6) is 0 Å². The normalized spacial score (nSPS) is 12.5. The van der Waals surface area contributed by atoms with E-state index < -0.39 is 39.4 Å². The fourth-order valence-corrected chi connectivity index (χ4v) is 2.66. The number of halogens is 2. The number of nitrogens with one attached hydrogen (secondary N) is 1. The van der Waals surface area contributed by atoms with Gasteiger partial charge >= 0.3 is 6.03 Å². The first-order valence-electron chi connectivity index (χ1n) is 7.22. The monoisotopic (exact) mass is 369 g/mol. The molecule has 0 radical (unpaired) electrons. The van der Waals surface area contributed by atoms with Crippen LogP contribution in [0.4, 0.5) is 19.3 Å². The molecule has 2 aromatic rings. The fourth-order valence-electron chi connectivity index (χ4n) is 2.15. The van der Waals surface area contributed by atoms with E-state index in [0.717, 1.165) is 12.1 Å². The van der Waals surface area contributed by atoms with Gasteiger partial charge in [0.25, 0.3) is 0 Å². The standard InChI is InChI=1S/C16H17F2N3O3S/c1-10(11-6-8-12(9-7-11)25(19,23)24)21(2)16(22)20-15-13(17)4-3-5-14(15)18/h3-10H,1-2H3,(H,20,22)(H2,19,23,24)/t10-/m1/s1. The molecule has 2 aromatic carbocycles. The van der Waals surface area contributed by atoms with Crippen LogP contribution < -0.4 is 10.5 Å². The minimum absolute atomic E-state index is 0.0519. The minimum atomic E-state index is -3.81. The van der Waals surface area contributed by atoms with Crippen molar-refractivity contribution in [2.45, 2.75) is 17.9 Å². The van der Waals surface area contributed by atoms with Crippen molar-refractivity contribution in [3.63, 3.8) is 0 Å². The van der Waals surface area contributed by atoms with Crippen LogP contribution in [0.2, 0.25) is 0 Å². The van der Waals surface area contributed by atoms with Crippen molar-refractivity contribution >= 4 is 21.7 Å². The maximum absolute atomic E-state index is 13.6. The predicted octanol–water partition coefficient (Wildman–Crippen LogP) is 2.84. The zero-order valence-corrected chi connectivity index (χ0v) is 14.3. The van der Waals surface area contributed by atoms with Crippen molar-refractivity contribution in [1.29, 1.82) is 0 Å². The molecule has 0 aliphatic heterocycles. The average molecular weight is 369 g/mol. The fraction of sp³-hybridized carbons (Fsp3) is 0.188. The Hall–Kier alpha value is -2.52. The van der Waals surface area contributed by atoms with Crippen LogP contribution in [0.15, 0.2) is 47.4 Å². The van der Waals surface area contributed by atoms with E-state index in [1.165, 1.54) is 42.3 Å². The molecule has 134 valence electrons. The van der Waals surface area contributed by atoms with Crippen molar-refractivity contribution in [1.82, 2.24) is 4.90 Å². The smallest absolute Gasteiger partial charge is 0.321 e. The summed E-state index contributed by atoms with van der Waals surface area (Å²) in [6.07, 6.45) is 0. The molecule has 2 rings (SSSR count). The van der Waals surface area contributed by atoms with Crippen LogP contribution in [-0.4, -0.2) is 26.4 Å². The molecular weight excluding hydrogens is 352 g/mol. The molecule has 0 unspecified atom stereocenters. The number of sulfonamides is 1. The molecule has 0 saturated carbocycles. The van der Waals surface area contributed by atoms with E-state index in [9.17, 15) is 22.0 Å². The van der Waals surface area contributed by atoms with Crippen LogP contribution in [0.1, 0.15) is 18.5 Å². The number of anilines is 1. The third-order valence-corrected chi connectivity index (χ3v) is 4.72. The van der Waals surface area contributed by atoms with E-state index in [0.29, 0.717) is 5.56 Å². The summed E-state index contributed by atoms with van der Waals surface area (Å²) in [4.78, 5) is 13.4. The number of amides is 2. The van der Waals surface area contributed by atoms with E-state index >= 15 is 0 Å². The number of carbonyl (C=O) groups excluding carboxylic acids is 1. The first kappa shape index (κ1) is 18.8. The number of benzene rings is 2. The Morgan fingerprint density at radius 3 is 2.12 bits per heavy atom. The lowest BCUT2D eigenvalue weighted by Gasteiger charge is -2.26. The summed E-state index contributed by atoms with van der Waals surface area (Å²) in [5.74, 6) is -1.76. The number of primary sulfonamides is 1. The first-order chi connectivity index (χ1) is 11.6. The highest BCUT2D eigenvalue weighted by Gasteiger charge is 2.20. The zero-order chi connectivity index (χ0) is 18.8. The third-order valence-electron chi connectivity index (χ3n) is 3.79. The molecular formula is C16H17F2N3O3S. The molecule has 9 heteroatoms. The Kier molecular flexibility index (Phi) is 5.39. The van der Waals surface area contributed by atoms with Crippen LogP contribution in [-0.2, 0) is 10.0 Å². The van der Waals surface area contributed by atoms with Crippen molar-refractivity contribution in [2.75, 3.05) is 12.4 Å². The van der Waals surface area contributed by atoms with Gasteiger partial charge in [-0.2, -0.15) is 0 Å². The summed E-state index contributed by atoms with van der Waals surface area (Å²) in [5, 5.41) is 7.22. The highest BCUT2D eigenvalue weighted by atomic mass is 32.2. The van der Waals surface area contributed by atoms with E-state index in [1.54, 1.807) is 6.92 Å². The summed E-state index contributed by atoms with van der Waals surface area (Å²) in [6, 6.07) is 7.74. The first-order valence-corrected chi connectivity index (χ1v) is 8.76. The lowest BCUT2D eigenvalue weighted by atomic mass is 10.1. The molecule has 0 saturated heterocycles. The number of para-hydroxylation sites is 1. The number of urea groups is 1. The van der Waals surface area contributed by atoms with Crippen molar-refractivity contribution < 1.29 is 22.0 Å². The van der Waals surface area contributed by atoms with E-state index in [-0.39, 0.29) is 4.90 Å². The van der Waals surface area contributed by atoms with Gasteiger partial charge in [0.1, 0.15) is 17.3 Å². The molecule has 0 aliphatic carbocycles. The lowest BCUT2D eigenvalue weighted by molar-refractivity contribution is 0.208. The van der Waals surface area contributed by atoms with Crippen molar-refractivity contribution in [3.8, 4) is 0 Å². The summed E-state index contributed by atoms with van der Waals surface area (Å²) in [7, 11) is -2.36. The summed E-state index contributed by atoms with van der Waals surface area (Å²) in [6.45, 7) is 1.68. The molecule has 0 aliphatic rings. The Balaban J connectivity index is 2.16. The summed E-state index contributed by atoms with van der Waals surface area (Å²) in [5.41, 5.74) is 0.0928. The third kappa shape index (κ3) is 4.31. The van der Waals surface area contributed by atoms with Crippen LogP contribution >= 0.6 is 0 Å². The molecule has 3 N–H and O–H groups in total. The second-order valence-electron chi connectivity index (χ2n) is 5.43. The maximum atomic E-state index is 13.6. The number of hydrogen-bond donors (Lipinski definition) is 2. The van der Waals surface area contributed by atoms with E-state index in [2.05, 4.69) is 5.32 Å². The number of hydrogen-bond acceptors (Lipinski definition) is 3. The molecule has 0 aromatic heterocycles. The minimum Gasteiger partial charge on any atom is -0.321 e. The SMILES string of the molecule is C[C@H](c1ccc(S(N)(=O)=O)cc1)N(C)C(=O)Nc1c(F)cccc1F. The van der Waals surface area contributed by atoms with Gasteiger partial charge in [0.2, 0.25) is 10.0 Å². The zero-order valence-electron chi connectivity index (χ0n) is 13.5. The quantitative estimate of drug-likeness (QED) is 0.868. The van der Waals surface area contributed by atoms with Gasteiger partial charge in [0.05, 0.1) is 10.9 Å². The van der Waals surface area contributed by atoms with E-state index in [1.807, 2.05) is 0 Å². The van der Waals surface area contributed by atoms with Crippen LogP contribution in [0, 0.1) is 11.6 Å². The van der Waals surface area contributed by atoms with Gasteiger partial charge in [0.15, 0.2) is 0 Å². The Morgan fingerprint density at radius 2 is 1.64 bits per heavy atom. The second kappa shape index (κ2) is 7.16. The van der Waals surface area contributed by atoms with Gasteiger partial charge in [-0.3, -0.25) is 0 Å². The second-order valence-corrected chi connectivity index (χ2v) is 6.99. The highest BCUT2D eigenvalue weighted by Crippen LogP contribution is 2.23. The molecule has 0 heterocycles. The van der Waals surface area contributed by atoms with E-state index in [4.69, 9.17) is 5.14 Å². The molecule has 0 bridgehead atoms. The van der Waals surface area contributed by atoms with Crippen molar-refractivity contribution in [2.24, 2.45) is 5.14 Å². The number of nitrogens with zero attached hydrogens (tertiary/aromatic N) is 1. The molecule has 0 fully saturated rings. The Morgan fingerprint density at radius 1 is 1.12 bits per heavy atom. The number of nitrogens with two attached hydrogens (primary N) is 1. The van der Waals surface area contributed by atoms with Gasteiger partial charge in [0, 0.05) is 7.05 Å². The maximum Gasteiger partial charge on any atom is 0.322 e. The topological polar surface area (TPSA) is 92.5 Å². The Bertz CT molecular complexity index is 866. The van der Waals surface area contributed by atoms with Crippen LogP contribution in [0.25, 0.3) is 0 Å². The highest BCUT2D eigenvalue weighted by molar-refractivity contribution is 7.89. The van der Waals surface area contributed by atoms with Crippen LogP contribution in [0.3, 0.4) is 0 Å². The molecule has 0 spiro atoms. The van der Waals surface area contributed by atoms with Gasteiger partial charge in [-0.1, -0.05) is 18.2 Å². The van der Waals surface area contributed by atoms with Gasteiger partial charge in [-0.05, 0) is 36.8 Å². The summed E-state index contributed by atoms with van der Waals surface area (Å²) >= 11 is 0. The van der Waals surface area contributed by atoms with Crippen molar-refractivity contribution in [3.05, 3.63) is 59.7 Å². The number of rotatable bonds is 4. The average Bonchev–Trinajstić information content (AvgIpc) is 2.56. The molecule has 6 nitrogen and oxygen atoms in total. The summed E-state index contributed by atoms with van der Waals surface area (Å²) < 4.78 is 49.7. The molecule has 2 amide bonds. The van der Waals surface area contributed by atoms with Gasteiger partial charge in [-0.15, -0.1) is 0 Å². The largest absolute Gasteiger partial charge is 0.322 e. The Labute approximate surface area is 144 Å². The molecule has 25 heavy (non-hydrogen) atoms. The molecule has 1 atom stereocenters. The predicted molar refractivity (Wildman–Crippen MR) is 89.4 cm³/mol. The lowest BCUT2D eigenvalue weighted by Crippen LogP contribution is -2.34. The van der Waals surface area contributed by atoms with Gasteiger partial charge in [-0.25, -0.2) is 27.1 Å². The van der Waals surface area contributed by atoms with Gasteiger partial charge < -0.3 is 10.2 Å².